The molecule has 0 aliphatic carbocycles. The molecule has 1 rings (SSSR count). The highest BCUT2D eigenvalue weighted by Crippen LogP contribution is 2.18. The van der Waals surface area contributed by atoms with Crippen LogP contribution in [0.25, 0.3) is 0 Å². The third-order valence-electron chi connectivity index (χ3n) is 4.11. The van der Waals surface area contributed by atoms with E-state index in [1.54, 1.807) is 12.1 Å². The van der Waals surface area contributed by atoms with Crippen molar-refractivity contribution < 1.29 is 19.1 Å². The molecule has 0 atom stereocenters. The van der Waals surface area contributed by atoms with Gasteiger partial charge < -0.3 is 9.47 Å². The molecule has 0 spiro atoms. The number of hydrogen-bond acceptors (Lipinski definition) is 4. The van der Waals surface area contributed by atoms with Gasteiger partial charge >= 0.3 is 11.9 Å². The highest BCUT2D eigenvalue weighted by atomic mass is 16.5. The van der Waals surface area contributed by atoms with Crippen molar-refractivity contribution in [3.05, 3.63) is 42.0 Å². The summed E-state index contributed by atoms with van der Waals surface area (Å²) in [5, 5.41) is 0. The predicted octanol–water partition coefficient (Wildman–Crippen LogP) is 5.57. The summed E-state index contributed by atoms with van der Waals surface area (Å²) in [6.45, 7) is 6.79. The van der Waals surface area contributed by atoms with Crippen molar-refractivity contribution in [2.45, 2.75) is 71.6 Å². The second kappa shape index (κ2) is 13.2. The summed E-state index contributed by atoms with van der Waals surface area (Å²) in [4.78, 5) is 23.3. The van der Waals surface area contributed by atoms with Gasteiger partial charge in [-0.05, 0) is 30.0 Å². The van der Waals surface area contributed by atoms with Gasteiger partial charge in [0.05, 0.1) is 6.61 Å². The summed E-state index contributed by atoms with van der Waals surface area (Å²) in [5.41, 5.74) is 1.18. The summed E-state index contributed by atoms with van der Waals surface area (Å²) < 4.78 is 10.2. The summed E-state index contributed by atoms with van der Waals surface area (Å²) in [7, 11) is 0. The van der Waals surface area contributed by atoms with Crippen LogP contribution in [0, 0.1) is 0 Å². The van der Waals surface area contributed by atoms with Crippen LogP contribution >= 0.6 is 0 Å². The van der Waals surface area contributed by atoms with Crippen LogP contribution in [0.5, 0.6) is 5.75 Å². The first-order valence-corrected chi connectivity index (χ1v) is 9.69. The third kappa shape index (κ3) is 10.0. The Kier molecular flexibility index (Phi) is 11.1. The third-order valence-corrected chi connectivity index (χ3v) is 4.11. The monoisotopic (exact) mass is 360 g/mol. The van der Waals surface area contributed by atoms with E-state index in [0.717, 1.165) is 25.0 Å². The lowest BCUT2D eigenvalue weighted by Gasteiger charge is -2.06. The fourth-order valence-electron chi connectivity index (χ4n) is 2.49. The minimum absolute atomic E-state index is 0.392. The molecule has 26 heavy (non-hydrogen) atoms. The summed E-state index contributed by atoms with van der Waals surface area (Å²) >= 11 is 0. The zero-order chi connectivity index (χ0) is 19.2. The van der Waals surface area contributed by atoms with E-state index in [9.17, 15) is 9.59 Å². The lowest BCUT2D eigenvalue weighted by molar-refractivity contribution is -0.138. The number of unbranched alkanes of at least 4 members (excludes halogenated alkanes) is 6. The maximum Gasteiger partial charge on any atom is 0.336 e. The number of rotatable bonds is 12. The van der Waals surface area contributed by atoms with Gasteiger partial charge in [0.15, 0.2) is 0 Å². The van der Waals surface area contributed by atoms with Crippen molar-refractivity contribution in [3.63, 3.8) is 0 Å². The van der Waals surface area contributed by atoms with Crippen LogP contribution in [0.1, 0.15) is 77.2 Å². The lowest BCUT2D eigenvalue weighted by atomic mass is 10.0. The molecule has 144 valence electrons. The molecule has 0 amide bonds. The summed E-state index contributed by atoms with van der Waals surface area (Å²) in [5.74, 6) is -0.218. The molecule has 0 heterocycles. The molecular weight excluding hydrogens is 328 g/mol. The number of benzene rings is 1. The van der Waals surface area contributed by atoms with E-state index >= 15 is 0 Å². The molecule has 4 heteroatoms. The van der Waals surface area contributed by atoms with Crippen LogP contribution in [0.3, 0.4) is 0 Å². The fraction of sp³-hybridized carbons (Fsp3) is 0.545. The Balaban J connectivity index is 2.18. The molecule has 0 aliphatic rings. The smallest absolute Gasteiger partial charge is 0.336 e. The molecule has 0 radical (unpaired) electrons. The maximum atomic E-state index is 11.7. The first-order chi connectivity index (χ1) is 12.5. The summed E-state index contributed by atoms with van der Waals surface area (Å²) in [6, 6.07) is 7.35. The Labute approximate surface area is 157 Å². The van der Waals surface area contributed by atoms with Crippen molar-refractivity contribution >= 4 is 11.9 Å². The van der Waals surface area contributed by atoms with Gasteiger partial charge in [-0.15, -0.1) is 0 Å². The first-order valence-electron chi connectivity index (χ1n) is 9.69. The minimum atomic E-state index is -0.588. The molecule has 0 aromatic heterocycles. The van der Waals surface area contributed by atoms with Crippen LogP contribution < -0.4 is 4.74 Å². The Morgan fingerprint density at radius 1 is 0.885 bits per heavy atom. The highest BCUT2D eigenvalue weighted by Gasteiger charge is 2.04. The Morgan fingerprint density at radius 3 is 2.08 bits per heavy atom. The maximum absolute atomic E-state index is 11.7. The standard InChI is InChI=1S/C22H32O4/c1-4-5-6-7-8-9-10-17-25-21(23)15-16-22(24)26-20-13-11-19(12-14-20)18(2)3/h11-16,18H,4-10,17H2,1-3H3/b16-15+. The average Bonchev–Trinajstić information content (AvgIpc) is 2.62. The van der Waals surface area contributed by atoms with Gasteiger partial charge in [-0.3, -0.25) is 0 Å². The molecule has 0 N–H and O–H groups in total. The number of carbonyl (C=O) groups excluding carboxylic acids is 2. The van der Waals surface area contributed by atoms with Crippen molar-refractivity contribution in [2.75, 3.05) is 6.61 Å². The SMILES string of the molecule is CCCCCCCCCOC(=O)/C=C/C(=O)Oc1ccc(C(C)C)cc1. The molecule has 1 aromatic carbocycles. The van der Waals surface area contributed by atoms with Crippen LogP contribution in [-0.2, 0) is 14.3 Å². The van der Waals surface area contributed by atoms with Crippen molar-refractivity contribution in [2.24, 2.45) is 0 Å². The molecule has 0 bridgehead atoms. The largest absolute Gasteiger partial charge is 0.463 e. The van der Waals surface area contributed by atoms with Gasteiger partial charge in [-0.2, -0.15) is 0 Å². The average molecular weight is 360 g/mol. The topological polar surface area (TPSA) is 52.6 Å². The van der Waals surface area contributed by atoms with Gasteiger partial charge in [0.1, 0.15) is 5.75 Å². The normalized spacial score (nSPS) is 11.1. The molecule has 1 aromatic rings. The van der Waals surface area contributed by atoms with Crippen molar-refractivity contribution in [1.29, 1.82) is 0 Å². The van der Waals surface area contributed by atoms with E-state index in [1.807, 2.05) is 12.1 Å². The fourth-order valence-corrected chi connectivity index (χ4v) is 2.49. The summed E-state index contributed by atoms with van der Waals surface area (Å²) in [6.07, 6.45) is 10.4. The van der Waals surface area contributed by atoms with Crippen molar-refractivity contribution in [3.8, 4) is 5.75 Å². The number of ether oxygens (including phenoxy) is 2. The van der Waals surface area contributed by atoms with Crippen LogP contribution in [0.4, 0.5) is 0 Å². The molecule has 0 fully saturated rings. The quantitative estimate of drug-likeness (QED) is 0.212. The number of esters is 2. The molecule has 0 unspecified atom stereocenters. The van der Waals surface area contributed by atoms with E-state index in [-0.39, 0.29) is 0 Å². The Hall–Kier alpha value is -2.10. The molecule has 0 saturated heterocycles. The Morgan fingerprint density at radius 2 is 1.46 bits per heavy atom. The van der Waals surface area contributed by atoms with Gasteiger partial charge in [0.2, 0.25) is 0 Å². The van der Waals surface area contributed by atoms with Gasteiger partial charge in [0, 0.05) is 12.2 Å². The van der Waals surface area contributed by atoms with E-state index < -0.39 is 11.9 Å². The van der Waals surface area contributed by atoms with Gasteiger partial charge in [0.25, 0.3) is 0 Å². The van der Waals surface area contributed by atoms with E-state index in [0.29, 0.717) is 18.3 Å². The molecule has 0 aliphatic heterocycles. The van der Waals surface area contributed by atoms with E-state index in [4.69, 9.17) is 9.47 Å². The number of carbonyl (C=O) groups is 2. The first kappa shape index (κ1) is 21.9. The predicted molar refractivity (Wildman–Crippen MR) is 104 cm³/mol. The molecule has 4 nitrogen and oxygen atoms in total. The van der Waals surface area contributed by atoms with Crippen LogP contribution in [0.2, 0.25) is 0 Å². The van der Waals surface area contributed by atoms with E-state index in [1.165, 1.54) is 37.7 Å². The second-order valence-corrected chi connectivity index (χ2v) is 6.77. The Bertz CT molecular complexity index is 558. The van der Waals surface area contributed by atoms with Gasteiger partial charge in [-0.25, -0.2) is 9.59 Å². The van der Waals surface area contributed by atoms with E-state index in [2.05, 4.69) is 20.8 Å². The van der Waals surface area contributed by atoms with Crippen LogP contribution in [0.15, 0.2) is 36.4 Å². The van der Waals surface area contributed by atoms with Crippen LogP contribution in [-0.4, -0.2) is 18.5 Å². The lowest BCUT2D eigenvalue weighted by Crippen LogP contribution is -2.07. The molecule has 0 saturated carbocycles. The second-order valence-electron chi connectivity index (χ2n) is 6.77. The van der Waals surface area contributed by atoms with Crippen molar-refractivity contribution in [1.82, 2.24) is 0 Å². The zero-order valence-corrected chi connectivity index (χ0v) is 16.3. The highest BCUT2D eigenvalue weighted by molar-refractivity contribution is 5.92. The number of hydrogen-bond donors (Lipinski definition) is 0. The zero-order valence-electron chi connectivity index (χ0n) is 16.3. The van der Waals surface area contributed by atoms with Gasteiger partial charge in [-0.1, -0.05) is 71.4 Å². The molecular formula is C22H32O4. The minimum Gasteiger partial charge on any atom is -0.463 e.